The van der Waals surface area contributed by atoms with Crippen LogP contribution in [0.15, 0.2) is 97.3 Å². The molecule has 6 aliphatic heterocycles. The minimum atomic E-state index is -1.06. The molecule has 16 rings (SSSR count). The van der Waals surface area contributed by atoms with Crippen LogP contribution in [0.4, 0.5) is 24.0 Å². The van der Waals surface area contributed by atoms with Gasteiger partial charge in [0, 0.05) is 74.1 Å². The van der Waals surface area contributed by atoms with Gasteiger partial charge in [-0.25, -0.2) is 48.7 Å². The van der Waals surface area contributed by atoms with Crippen LogP contribution in [0.1, 0.15) is 173 Å². The van der Waals surface area contributed by atoms with Crippen LogP contribution in [0, 0.1) is 35.5 Å². The first-order valence-electron chi connectivity index (χ1n) is 44.2. The van der Waals surface area contributed by atoms with Gasteiger partial charge in [0.2, 0.25) is 17.7 Å². The number of nitrogens with one attached hydrogen (secondary N) is 8. The maximum Gasteiger partial charge on any atom is 0.410 e. The molecule has 6 aromatic carbocycles. The lowest BCUT2D eigenvalue weighted by molar-refractivity contribution is -0.140. The van der Waals surface area contributed by atoms with Gasteiger partial charge in [-0.15, -0.1) is 0 Å². The zero-order valence-corrected chi connectivity index (χ0v) is 76.6. The highest BCUT2D eigenvalue weighted by molar-refractivity contribution is 6.08. The lowest BCUT2D eigenvalue weighted by Gasteiger charge is -2.30. The summed E-state index contributed by atoms with van der Waals surface area (Å²) in [5, 5.41) is 22.9. The van der Waals surface area contributed by atoms with Crippen LogP contribution in [0.3, 0.4) is 0 Å². The van der Waals surface area contributed by atoms with Crippen LogP contribution < -0.4 is 30.7 Å². The normalized spacial score (nSPS) is 18.9. The van der Waals surface area contributed by atoms with E-state index in [1.807, 2.05) is 90.4 Å². The molecule has 0 saturated carbocycles. The number of fused-ring (bicyclic) bond motifs is 12. The van der Waals surface area contributed by atoms with Crippen molar-refractivity contribution in [3.8, 4) is 56.3 Å². The van der Waals surface area contributed by atoms with E-state index in [2.05, 4.69) is 119 Å². The van der Waals surface area contributed by atoms with Crippen molar-refractivity contribution in [3.63, 3.8) is 0 Å². The molecule has 35 heteroatoms. The number of H-pyrrole nitrogens is 4. The fourth-order valence-electron chi connectivity index (χ4n) is 18.4. The largest absolute Gasteiger partial charge is 0.488 e. The molecule has 10 aromatic rings. The van der Waals surface area contributed by atoms with E-state index in [-0.39, 0.29) is 83.5 Å². The van der Waals surface area contributed by atoms with E-state index in [9.17, 15) is 43.2 Å². The number of aromatic nitrogens is 8. The highest BCUT2D eigenvalue weighted by Crippen LogP contribution is 2.48. The van der Waals surface area contributed by atoms with E-state index in [1.165, 1.54) is 28.4 Å². The summed E-state index contributed by atoms with van der Waals surface area (Å²) in [7, 11) is 8.40. The number of carboxylic acid groups (broad SMARTS) is 1. The molecule has 130 heavy (non-hydrogen) atoms. The molecule has 35 nitrogen and oxygen atoms in total. The summed E-state index contributed by atoms with van der Waals surface area (Å²) in [6.07, 6.45) is 5.22. The number of ether oxygens (including phenoxy) is 9. The number of aromatic amines is 4. The number of benzene rings is 6. The van der Waals surface area contributed by atoms with Crippen LogP contribution in [0.5, 0.6) is 11.5 Å². The number of carbonyl (C=O) groups excluding carboxylic acids is 8. The number of imidazole rings is 4. The molecule has 4 saturated heterocycles. The van der Waals surface area contributed by atoms with Crippen LogP contribution in [0.25, 0.3) is 88.4 Å². The second-order valence-electron chi connectivity index (χ2n) is 36.4. The Labute approximate surface area is 753 Å². The fourth-order valence-corrected chi connectivity index (χ4v) is 18.4. The first-order chi connectivity index (χ1) is 62.2. The van der Waals surface area contributed by atoms with Crippen LogP contribution in [-0.4, -0.2) is 231 Å². The third-order valence-corrected chi connectivity index (χ3v) is 24.9. The van der Waals surface area contributed by atoms with Crippen molar-refractivity contribution in [2.24, 2.45) is 35.5 Å². The minimum absolute atomic E-state index is 0.0975. The van der Waals surface area contributed by atoms with E-state index < -0.39 is 60.1 Å². The van der Waals surface area contributed by atoms with Gasteiger partial charge in [-0.05, 0) is 176 Å². The molecular weight excluding hydrogens is 1670 g/mol. The van der Waals surface area contributed by atoms with Gasteiger partial charge in [0.05, 0.1) is 112 Å². The van der Waals surface area contributed by atoms with E-state index in [1.54, 1.807) is 44.1 Å². The second-order valence-corrected chi connectivity index (χ2v) is 36.4. The van der Waals surface area contributed by atoms with E-state index >= 15 is 0 Å². The SMILES string of the molecule is COC(=O)NC(C(=O)O)C(C)C.COC[C@H]1C[C@@H](c2nc3c(ccc4cc5c(cc43)OCc3cc(-c4cnc([C@@H]6CCCN6C(=O)[C@@H](NC(=O)OC)C(C)C)[nH]4)ccc3-5)[nH]2)N(C(=O)OC(C)(C)C)C1.COC[C@H]1C[C@@H](c2nc3c(ccc4cc5c(cc43)OCc3cc(-c4cnc([C@@H]6CCCN6C(=O)[C@@H](NC(=O)OC)C(C)C)[nH]4)ccc3-5)[nH]2)N(C(=O)[C@@H](NC(=O)OC)C(C)C)C1. The summed E-state index contributed by atoms with van der Waals surface area (Å²) in [6.45, 7) is 24.4. The van der Waals surface area contributed by atoms with Gasteiger partial charge in [0.25, 0.3) is 0 Å². The van der Waals surface area contributed by atoms with Crippen molar-refractivity contribution in [1.82, 2.24) is 80.7 Å². The lowest BCUT2D eigenvalue weighted by atomic mass is 9.92. The number of amides is 8. The molecule has 692 valence electrons. The summed E-state index contributed by atoms with van der Waals surface area (Å²) in [5.74, 6) is 2.53. The van der Waals surface area contributed by atoms with Crippen molar-refractivity contribution in [3.05, 3.63) is 132 Å². The molecule has 4 aromatic heterocycles. The van der Waals surface area contributed by atoms with Crippen LogP contribution in [0.2, 0.25) is 0 Å². The van der Waals surface area contributed by atoms with Gasteiger partial charge in [0.1, 0.15) is 77.8 Å². The van der Waals surface area contributed by atoms with Gasteiger partial charge >= 0.3 is 36.4 Å². The zero-order valence-electron chi connectivity index (χ0n) is 76.6. The molecule has 10 atom stereocenters. The second kappa shape index (κ2) is 39.5. The Bertz CT molecular complexity index is 5890. The van der Waals surface area contributed by atoms with Gasteiger partial charge in [0.15, 0.2) is 0 Å². The Morgan fingerprint density at radius 3 is 1.22 bits per heavy atom. The summed E-state index contributed by atoms with van der Waals surface area (Å²) in [6, 6.07) is 25.2. The number of hydrogen-bond donors (Lipinski definition) is 9. The number of rotatable bonds is 22. The van der Waals surface area contributed by atoms with Gasteiger partial charge in [-0.2, -0.15) is 0 Å². The van der Waals surface area contributed by atoms with Gasteiger partial charge in [-0.1, -0.05) is 91.8 Å². The summed E-state index contributed by atoms with van der Waals surface area (Å²) in [4.78, 5) is 153. The monoisotopic (exact) mass is 1790 g/mol. The molecule has 1 unspecified atom stereocenters. The van der Waals surface area contributed by atoms with Crippen molar-refractivity contribution in [2.45, 2.75) is 182 Å². The number of alkyl carbamates (subject to hydrolysis) is 4. The average molecular weight is 1790 g/mol. The topological polar surface area (TPSA) is 433 Å². The Hall–Kier alpha value is -13.1. The highest BCUT2D eigenvalue weighted by Gasteiger charge is 2.45. The smallest absolute Gasteiger partial charge is 0.410 e. The van der Waals surface area contributed by atoms with Crippen molar-refractivity contribution in [1.29, 1.82) is 0 Å². The molecule has 0 spiro atoms. The molecule has 4 fully saturated rings. The van der Waals surface area contributed by atoms with Crippen molar-refractivity contribution >= 4 is 97.8 Å². The Kier molecular flexibility index (Phi) is 28.3. The average Bonchev–Trinajstić information content (AvgIpc) is 1.51. The van der Waals surface area contributed by atoms with Crippen molar-refractivity contribution < 1.29 is 90.9 Å². The van der Waals surface area contributed by atoms with E-state index in [0.717, 1.165) is 155 Å². The third-order valence-electron chi connectivity index (χ3n) is 24.9. The molecule has 8 amide bonds. The van der Waals surface area contributed by atoms with Gasteiger partial charge in [-0.3, -0.25) is 19.3 Å². The third kappa shape index (κ3) is 19.9. The summed E-state index contributed by atoms with van der Waals surface area (Å²) in [5.41, 5.74) is 12.6. The molecule has 0 radical (unpaired) electrons. The number of carbonyl (C=O) groups is 9. The quantitative estimate of drug-likeness (QED) is 0.0285. The summed E-state index contributed by atoms with van der Waals surface area (Å²) < 4.78 is 48.3. The maximum absolute atomic E-state index is 14.1. The first-order valence-corrected chi connectivity index (χ1v) is 44.2. The predicted octanol–water partition coefficient (Wildman–Crippen LogP) is 14.7. The van der Waals surface area contributed by atoms with Crippen LogP contribution >= 0.6 is 0 Å². The number of nitrogens with zero attached hydrogens (tertiary/aromatic N) is 8. The molecule has 6 aliphatic rings. The van der Waals surface area contributed by atoms with Crippen molar-refractivity contribution in [2.75, 3.05) is 82.1 Å². The highest BCUT2D eigenvalue weighted by atomic mass is 16.6. The van der Waals surface area contributed by atoms with E-state index in [4.69, 9.17) is 62.9 Å². The van der Waals surface area contributed by atoms with E-state index in [0.29, 0.717) is 70.7 Å². The number of likely N-dealkylation sites (tertiary alicyclic amines) is 4. The van der Waals surface area contributed by atoms with Gasteiger partial charge < -0.3 is 104 Å². The fraction of sp³-hybridized carbons (Fsp3) is 0.484. The number of aliphatic carboxylic acids is 1. The Morgan fingerprint density at radius 2 is 0.846 bits per heavy atom. The number of hydrogen-bond acceptors (Lipinski definition) is 22. The zero-order chi connectivity index (χ0) is 93.0. The van der Waals surface area contributed by atoms with Crippen LogP contribution in [-0.2, 0) is 65.5 Å². The Morgan fingerprint density at radius 1 is 0.462 bits per heavy atom. The Balaban J connectivity index is 0.000000186. The minimum Gasteiger partial charge on any atom is -0.488 e. The maximum atomic E-state index is 14.1. The molecule has 10 heterocycles. The number of carboxylic acids is 1. The molecule has 0 aliphatic carbocycles. The first kappa shape index (κ1) is 93.1. The molecule has 0 bridgehead atoms. The molecule has 9 N–H and O–H groups in total. The lowest BCUT2D eigenvalue weighted by Crippen LogP contribution is -2.51. The predicted molar refractivity (Wildman–Crippen MR) is 484 cm³/mol. The number of methoxy groups -OCH3 is 6. The summed E-state index contributed by atoms with van der Waals surface area (Å²) >= 11 is 0. The standard InChI is InChI=1S/C45H54N8O8.C43H51N7O7.C7H13NO4/c1-23(2)37(50-44(56)59-6)42(54)52-14-8-9-34(52)40-46-19-33(48-40)27-10-12-29-28(16-27)22-61-36-18-30-26(17-31(29)36)11-13-32-39(30)49-41(47-32)35-15-25(21-58-5)20-53(35)43(55)38(24(3)4)51-45(57)60-7;1-23(2)36(48-41(52)55-7)40(51)49-14-8-9-33(49)38-44-19-32(46-38)26-10-12-28-27(16-26)22-56-35-18-29-25(17-30(28)35)11-13-31-37(29)47-39(45-31)34-15-24(21-54-6)20-50(34)42(53)57-43(3,4)5;1-4(2)5(6(9)10)8-7(11)12-3/h10-13,16-19,23-25,34-35,37-38H,8-9,14-15,20-22H2,1-7H3,(H,46,48)(H,47,49)(H,50,56)(H,51,57);10-13,16-19,23-24,33-34,36H,8-9,14-15,20-22H2,1-7H3,(H,44,46)(H,45,47)(H,48,52);4-5H,1-3H3,(H,8,11)(H,9,10)/t25-,34-,35-,37-,38-;24-,33-,34-,36-;/m00./s1. The molecular formula is C95H118N16O19.